The van der Waals surface area contributed by atoms with Crippen LogP contribution in [0.5, 0.6) is 0 Å². The summed E-state index contributed by atoms with van der Waals surface area (Å²) in [5.41, 5.74) is 1.39. The highest BCUT2D eigenvalue weighted by molar-refractivity contribution is 5.86. The minimum absolute atomic E-state index is 0.292. The molecule has 0 saturated carbocycles. The molecule has 1 heteroatoms. The van der Waals surface area contributed by atoms with E-state index < -0.39 is 0 Å². The van der Waals surface area contributed by atoms with Crippen molar-refractivity contribution in [1.29, 1.82) is 0 Å². The Kier molecular flexibility index (Phi) is 3.49. The second kappa shape index (κ2) is 4.89. The highest BCUT2D eigenvalue weighted by Crippen LogP contribution is 2.28. The summed E-state index contributed by atoms with van der Waals surface area (Å²) in [6.45, 7) is 6.50. The van der Waals surface area contributed by atoms with Gasteiger partial charge in [0.05, 0.1) is 0 Å². The van der Waals surface area contributed by atoms with Crippen LogP contribution in [0, 0.1) is 6.92 Å². The molecule has 0 bridgehead atoms. The van der Waals surface area contributed by atoms with Gasteiger partial charge in [0, 0.05) is 6.04 Å². The molecule has 2 aromatic rings. The molecule has 1 nitrogen and oxygen atoms in total. The molecular formula is C16H20N. The predicted molar refractivity (Wildman–Crippen MR) is 75.2 cm³/mol. The molecule has 0 amide bonds. The molecule has 2 aromatic carbocycles. The number of likely N-dealkylation sites (N-methyl/N-ethyl adjacent to an activating group) is 1. The van der Waals surface area contributed by atoms with Crippen molar-refractivity contribution < 1.29 is 0 Å². The van der Waals surface area contributed by atoms with Crippen molar-refractivity contribution in [3.63, 3.8) is 0 Å². The lowest BCUT2D eigenvalue weighted by Gasteiger charge is -2.27. The summed E-state index contributed by atoms with van der Waals surface area (Å²) in [6, 6.07) is 15.4. The van der Waals surface area contributed by atoms with E-state index in [4.69, 9.17) is 0 Å². The Morgan fingerprint density at radius 1 is 1.00 bits per heavy atom. The molecular weight excluding hydrogens is 206 g/mol. The topological polar surface area (TPSA) is 3.24 Å². The van der Waals surface area contributed by atoms with E-state index in [1.165, 1.54) is 16.3 Å². The lowest BCUT2D eigenvalue weighted by Crippen LogP contribution is -2.30. The predicted octanol–water partition coefficient (Wildman–Crippen LogP) is 3.71. The Balaban J connectivity index is 2.48. The molecule has 0 aliphatic carbocycles. The zero-order valence-corrected chi connectivity index (χ0v) is 10.9. The first-order valence-corrected chi connectivity index (χ1v) is 6.08. The minimum Gasteiger partial charge on any atom is -0.306 e. The number of fused-ring (bicyclic) bond motifs is 1. The maximum atomic E-state index is 4.25. The zero-order valence-electron chi connectivity index (χ0n) is 10.9. The number of rotatable bonds is 3. The molecule has 0 spiro atoms. The molecule has 0 N–H and O–H groups in total. The van der Waals surface area contributed by atoms with Crippen LogP contribution in [-0.4, -0.2) is 25.0 Å². The minimum atomic E-state index is 0.292. The SMILES string of the molecule is [CH2]C(C(C)c1cccc2ccccc12)N(C)C. The van der Waals surface area contributed by atoms with Crippen molar-refractivity contribution >= 4 is 10.8 Å². The second-order valence-electron chi connectivity index (χ2n) is 4.89. The molecule has 0 heterocycles. The maximum Gasteiger partial charge on any atom is 0.0156 e. The molecule has 1 radical (unpaired) electrons. The van der Waals surface area contributed by atoms with Crippen molar-refractivity contribution in [3.05, 3.63) is 55.0 Å². The van der Waals surface area contributed by atoms with E-state index in [9.17, 15) is 0 Å². The summed E-state index contributed by atoms with van der Waals surface area (Å²) in [5.74, 6) is 0.427. The highest BCUT2D eigenvalue weighted by Gasteiger charge is 2.17. The fourth-order valence-corrected chi connectivity index (χ4v) is 2.30. The summed E-state index contributed by atoms with van der Waals surface area (Å²) in [5, 5.41) is 2.65. The zero-order chi connectivity index (χ0) is 12.4. The van der Waals surface area contributed by atoms with Gasteiger partial charge in [-0.1, -0.05) is 49.4 Å². The Labute approximate surface area is 104 Å². The van der Waals surface area contributed by atoms with Gasteiger partial charge in [0.2, 0.25) is 0 Å². The maximum absolute atomic E-state index is 4.25. The molecule has 17 heavy (non-hydrogen) atoms. The lowest BCUT2D eigenvalue weighted by molar-refractivity contribution is 0.308. The third-order valence-electron chi connectivity index (χ3n) is 3.55. The van der Waals surface area contributed by atoms with Crippen LogP contribution in [0.15, 0.2) is 42.5 Å². The smallest absolute Gasteiger partial charge is 0.0156 e. The molecule has 0 aromatic heterocycles. The normalized spacial score (nSPS) is 15.1. The molecule has 0 saturated heterocycles. The Morgan fingerprint density at radius 2 is 1.65 bits per heavy atom. The van der Waals surface area contributed by atoms with E-state index in [0.29, 0.717) is 12.0 Å². The largest absolute Gasteiger partial charge is 0.306 e. The average Bonchev–Trinajstić information content (AvgIpc) is 2.36. The summed E-state index contributed by atoms with van der Waals surface area (Å²) in [6.07, 6.45) is 0. The van der Waals surface area contributed by atoms with E-state index in [2.05, 4.69) is 75.3 Å². The lowest BCUT2D eigenvalue weighted by atomic mass is 9.89. The van der Waals surface area contributed by atoms with E-state index in [0.717, 1.165) is 0 Å². The van der Waals surface area contributed by atoms with Crippen LogP contribution in [0.4, 0.5) is 0 Å². The number of benzene rings is 2. The summed E-state index contributed by atoms with van der Waals surface area (Å²) in [7, 11) is 4.17. The van der Waals surface area contributed by atoms with Crippen molar-refractivity contribution in [2.75, 3.05) is 14.1 Å². The van der Waals surface area contributed by atoms with Gasteiger partial charge in [0.25, 0.3) is 0 Å². The first kappa shape index (κ1) is 12.1. The molecule has 0 aliphatic heterocycles. The first-order chi connectivity index (χ1) is 8.11. The van der Waals surface area contributed by atoms with Crippen LogP contribution in [0.25, 0.3) is 10.8 Å². The first-order valence-electron chi connectivity index (χ1n) is 6.08. The molecule has 0 aliphatic rings. The van der Waals surface area contributed by atoms with Gasteiger partial charge < -0.3 is 4.90 Å². The third kappa shape index (κ3) is 2.34. The van der Waals surface area contributed by atoms with Gasteiger partial charge in [-0.15, -0.1) is 0 Å². The summed E-state index contributed by atoms with van der Waals surface area (Å²) in [4.78, 5) is 2.17. The van der Waals surface area contributed by atoms with Crippen LogP contribution in [0.2, 0.25) is 0 Å². The molecule has 2 atom stereocenters. The van der Waals surface area contributed by atoms with Crippen molar-refractivity contribution in [2.45, 2.75) is 18.9 Å². The van der Waals surface area contributed by atoms with Crippen LogP contribution >= 0.6 is 0 Å². The Bertz CT molecular complexity index is 496. The summed E-state index contributed by atoms with van der Waals surface area (Å²) < 4.78 is 0. The monoisotopic (exact) mass is 226 g/mol. The van der Waals surface area contributed by atoms with E-state index in [-0.39, 0.29) is 0 Å². The van der Waals surface area contributed by atoms with Crippen LogP contribution in [-0.2, 0) is 0 Å². The van der Waals surface area contributed by atoms with Gasteiger partial charge in [-0.2, -0.15) is 0 Å². The van der Waals surface area contributed by atoms with Gasteiger partial charge in [-0.25, -0.2) is 0 Å². The van der Waals surface area contributed by atoms with Gasteiger partial charge in [0.1, 0.15) is 0 Å². The second-order valence-corrected chi connectivity index (χ2v) is 4.89. The molecule has 89 valence electrons. The number of nitrogens with zero attached hydrogens (tertiary/aromatic N) is 1. The van der Waals surface area contributed by atoms with Crippen molar-refractivity contribution in [1.82, 2.24) is 4.90 Å². The highest BCUT2D eigenvalue weighted by atomic mass is 15.1. The average molecular weight is 226 g/mol. The van der Waals surface area contributed by atoms with Crippen LogP contribution in [0.3, 0.4) is 0 Å². The fourth-order valence-electron chi connectivity index (χ4n) is 2.30. The van der Waals surface area contributed by atoms with E-state index >= 15 is 0 Å². The van der Waals surface area contributed by atoms with Gasteiger partial charge in [-0.05, 0) is 43.3 Å². The standard InChI is InChI=1S/C16H20N/c1-12(13(2)17(3)4)15-11-7-9-14-8-5-6-10-16(14)15/h5-13H,2H2,1,3-4H3. The van der Waals surface area contributed by atoms with E-state index in [1.54, 1.807) is 0 Å². The molecule has 0 fully saturated rings. The van der Waals surface area contributed by atoms with Crippen molar-refractivity contribution in [2.24, 2.45) is 0 Å². The van der Waals surface area contributed by atoms with Crippen LogP contribution in [0.1, 0.15) is 18.4 Å². The Morgan fingerprint density at radius 3 is 2.35 bits per heavy atom. The third-order valence-corrected chi connectivity index (χ3v) is 3.55. The number of hydrogen-bond acceptors (Lipinski definition) is 1. The number of hydrogen-bond donors (Lipinski definition) is 0. The van der Waals surface area contributed by atoms with Gasteiger partial charge in [-0.3, -0.25) is 0 Å². The fraction of sp³-hybridized carbons (Fsp3) is 0.312. The quantitative estimate of drug-likeness (QED) is 0.771. The van der Waals surface area contributed by atoms with Crippen molar-refractivity contribution in [3.8, 4) is 0 Å². The molecule has 2 unspecified atom stereocenters. The van der Waals surface area contributed by atoms with Gasteiger partial charge in [0.15, 0.2) is 0 Å². The van der Waals surface area contributed by atoms with E-state index in [1.807, 2.05) is 0 Å². The summed E-state index contributed by atoms with van der Waals surface area (Å²) >= 11 is 0. The Hall–Kier alpha value is -1.34. The van der Waals surface area contributed by atoms with Crippen LogP contribution < -0.4 is 0 Å². The van der Waals surface area contributed by atoms with Gasteiger partial charge >= 0.3 is 0 Å². The molecule has 2 rings (SSSR count).